The Bertz CT molecular complexity index is 890. The zero-order valence-corrected chi connectivity index (χ0v) is 21.4. The summed E-state index contributed by atoms with van der Waals surface area (Å²) >= 11 is 2.08. The number of unbranched alkanes of at least 4 members (excludes halogenated alkanes) is 6. The molecule has 0 aromatic heterocycles. The largest absolute Gasteiger partial charge is 0.493 e. The van der Waals surface area contributed by atoms with Gasteiger partial charge in [-0.3, -0.25) is 4.55 Å². The molecule has 1 atom stereocenters. The van der Waals surface area contributed by atoms with Gasteiger partial charge in [-0.1, -0.05) is 88.8 Å². The Morgan fingerprint density at radius 1 is 0.969 bits per heavy atom. The molecule has 3 rings (SSSR count). The molecule has 0 aliphatic carbocycles. The molecule has 180 valence electrons. The van der Waals surface area contributed by atoms with E-state index in [9.17, 15) is 8.42 Å². The Balaban J connectivity index is 0.000000262. The molecule has 2 aromatic rings. The monoisotopic (exact) mass is 480 g/mol. The van der Waals surface area contributed by atoms with Gasteiger partial charge in [0.05, 0.1) is 12.4 Å². The summed E-state index contributed by atoms with van der Waals surface area (Å²) in [6.07, 6.45) is 11.1. The van der Waals surface area contributed by atoms with E-state index < -0.39 is 10.1 Å². The summed E-state index contributed by atoms with van der Waals surface area (Å²) in [4.78, 5) is 0. The van der Waals surface area contributed by atoms with E-state index in [1.54, 1.807) is 0 Å². The maximum Gasteiger partial charge on any atom is 0.264 e. The maximum atomic E-state index is 10.3. The normalized spacial score (nSPS) is 16.0. The minimum atomic E-state index is -3.72. The fourth-order valence-corrected chi connectivity index (χ4v) is 5.77. The third kappa shape index (κ3) is 9.72. The summed E-state index contributed by atoms with van der Waals surface area (Å²) in [5.74, 6) is 2.33. The summed E-state index contributed by atoms with van der Waals surface area (Å²) in [5, 5.41) is 3.18. The molecule has 6 heteroatoms. The summed E-state index contributed by atoms with van der Waals surface area (Å²) in [5.41, 5.74) is 1.40. The van der Waals surface area contributed by atoms with Gasteiger partial charge in [-0.15, -0.1) is 0 Å². The van der Waals surface area contributed by atoms with Gasteiger partial charge in [-0.05, 0) is 36.8 Å². The maximum absolute atomic E-state index is 10.3. The fourth-order valence-electron chi connectivity index (χ4n) is 3.88. The molecule has 32 heavy (non-hydrogen) atoms. The average molecular weight is 481 g/mol. The molecule has 0 bridgehead atoms. The molecule has 4 nitrogen and oxygen atoms in total. The molecule has 1 aliphatic heterocycles. The van der Waals surface area contributed by atoms with Gasteiger partial charge < -0.3 is 4.74 Å². The lowest BCUT2D eigenvalue weighted by molar-refractivity contribution is 0.309. The quantitative estimate of drug-likeness (QED) is 0.248. The Hall–Kier alpha value is -1.24. The van der Waals surface area contributed by atoms with Crippen LogP contribution in [0.5, 0.6) is 5.75 Å². The van der Waals surface area contributed by atoms with Crippen molar-refractivity contribution in [2.75, 3.05) is 18.1 Å². The first kappa shape index (κ1) is 27.0. The van der Waals surface area contributed by atoms with E-state index in [2.05, 4.69) is 62.0 Å². The van der Waals surface area contributed by atoms with Crippen molar-refractivity contribution in [1.29, 1.82) is 0 Å². The standard InChI is InChI=1S/C18H22OS.C8H18O3S/c1-2-3-12-19-18-15-8-5-4-7-14(15)10-11-16(18)17-9-6-13-20-17;1-2-3-4-5-6-7-8-12(9,10)11/h4-5,7-8,10-11,17H,2-3,6,9,12-13H2,1H3;2-8H2,1H3,(H,9,10,11). The number of hydrogen-bond acceptors (Lipinski definition) is 4. The molecule has 0 saturated carbocycles. The van der Waals surface area contributed by atoms with Crippen LogP contribution in [0.4, 0.5) is 0 Å². The van der Waals surface area contributed by atoms with Gasteiger partial charge >= 0.3 is 0 Å². The predicted molar refractivity (Wildman–Crippen MR) is 139 cm³/mol. The Morgan fingerprint density at radius 2 is 1.69 bits per heavy atom. The molecule has 0 radical (unpaired) electrons. The van der Waals surface area contributed by atoms with Crippen molar-refractivity contribution < 1.29 is 17.7 Å². The van der Waals surface area contributed by atoms with Gasteiger partial charge in [-0.25, -0.2) is 0 Å². The molecular weight excluding hydrogens is 440 g/mol. The second-order valence-corrected chi connectivity index (χ2v) is 11.3. The van der Waals surface area contributed by atoms with Crippen LogP contribution >= 0.6 is 11.8 Å². The Kier molecular flexibility index (Phi) is 12.5. The molecule has 1 aliphatic rings. The van der Waals surface area contributed by atoms with Crippen LogP contribution in [0, 0.1) is 0 Å². The highest BCUT2D eigenvalue weighted by Crippen LogP contribution is 2.45. The minimum absolute atomic E-state index is 0.0842. The molecule has 1 fully saturated rings. The minimum Gasteiger partial charge on any atom is -0.493 e. The zero-order valence-electron chi connectivity index (χ0n) is 19.7. The zero-order chi connectivity index (χ0) is 23.2. The number of fused-ring (bicyclic) bond motifs is 1. The first-order valence-corrected chi connectivity index (χ1v) is 14.8. The van der Waals surface area contributed by atoms with Crippen LogP contribution in [-0.4, -0.2) is 31.1 Å². The van der Waals surface area contributed by atoms with Crippen molar-refractivity contribution in [2.24, 2.45) is 0 Å². The molecule has 0 spiro atoms. The number of ether oxygens (including phenoxy) is 1. The lowest BCUT2D eigenvalue weighted by atomic mass is 10.0. The van der Waals surface area contributed by atoms with E-state index >= 15 is 0 Å². The lowest BCUT2D eigenvalue weighted by Crippen LogP contribution is -2.03. The van der Waals surface area contributed by atoms with Crippen LogP contribution in [0.2, 0.25) is 0 Å². The number of thioether (sulfide) groups is 1. The summed E-state index contributed by atoms with van der Waals surface area (Å²) in [6, 6.07) is 13.1. The summed E-state index contributed by atoms with van der Waals surface area (Å²) in [7, 11) is -3.72. The second kappa shape index (κ2) is 14.8. The van der Waals surface area contributed by atoms with Crippen LogP contribution in [0.3, 0.4) is 0 Å². The van der Waals surface area contributed by atoms with Gasteiger partial charge in [0.25, 0.3) is 10.1 Å². The molecule has 2 aromatic carbocycles. The smallest absolute Gasteiger partial charge is 0.264 e. The molecule has 1 heterocycles. The second-order valence-electron chi connectivity index (χ2n) is 8.46. The first-order chi connectivity index (χ1) is 15.5. The third-order valence-corrected chi connectivity index (χ3v) is 7.91. The topological polar surface area (TPSA) is 63.6 Å². The van der Waals surface area contributed by atoms with Crippen molar-refractivity contribution in [3.05, 3.63) is 42.0 Å². The van der Waals surface area contributed by atoms with E-state index in [-0.39, 0.29) is 5.75 Å². The van der Waals surface area contributed by atoms with Crippen molar-refractivity contribution in [2.45, 2.75) is 83.3 Å². The third-order valence-electron chi connectivity index (χ3n) is 5.69. The van der Waals surface area contributed by atoms with Crippen molar-refractivity contribution in [1.82, 2.24) is 0 Å². The van der Waals surface area contributed by atoms with E-state index in [1.807, 2.05) is 0 Å². The average Bonchev–Trinajstić information content (AvgIpc) is 3.31. The molecule has 1 saturated heterocycles. The number of benzene rings is 2. The van der Waals surface area contributed by atoms with Gasteiger partial charge in [0.2, 0.25) is 0 Å². The number of rotatable bonds is 12. The van der Waals surface area contributed by atoms with Gasteiger partial charge in [-0.2, -0.15) is 20.2 Å². The Morgan fingerprint density at radius 3 is 2.38 bits per heavy atom. The predicted octanol–water partition coefficient (Wildman–Crippen LogP) is 7.82. The van der Waals surface area contributed by atoms with Gasteiger partial charge in [0.15, 0.2) is 0 Å². The fraction of sp³-hybridized carbons (Fsp3) is 0.615. The van der Waals surface area contributed by atoms with Gasteiger partial charge in [0, 0.05) is 16.2 Å². The first-order valence-electron chi connectivity index (χ1n) is 12.2. The van der Waals surface area contributed by atoms with Crippen LogP contribution in [-0.2, 0) is 10.1 Å². The van der Waals surface area contributed by atoms with E-state index in [4.69, 9.17) is 9.29 Å². The van der Waals surface area contributed by atoms with Crippen molar-refractivity contribution >= 4 is 32.7 Å². The highest BCUT2D eigenvalue weighted by molar-refractivity contribution is 7.99. The van der Waals surface area contributed by atoms with Crippen LogP contribution in [0.15, 0.2) is 36.4 Å². The molecule has 1 unspecified atom stereocenters. The van der Waals surface area contributed by atoms with Crippen LogP contribution < -0.4 is 4.74 Å². The molecule has 0 amide bonds. The van der Waals surface area contributed by atoms with Crippen LogP contribution in [0.1, 0.15) is 88.9 Å². The highest BCUT2D eigenvalue weighted by Gasteiger charge is 2.22. The van der Waals surface area contributed by atoms with Crippen molar-refractivity contribution in [3.8, 4) is 5.75 Å². The summed E-state index contributed by atoms with van der Waals surface area (Å²) in [6.45, 7) is 5.17. The molecule has 1 N–H and O–H groups in total. The van der Waals surface area contributed by atoms with E-state index in [0.29, 0.717) is 11.7 Å². The van der Waals surface area contributed by atoms with E-state index in [1.165, 1.54) is 60.6 Å². The van der Waals surface area contributed by atoms with E-state index in [0.717, 1.165) is 31.6 Å². The lowest BCUT2D eigenvalue weighted by Gasteiger charge is -2.18. The van der Waals surface area contributed by atoms with Crippen molar-refractivity contribution in [3.63, 3.8) is 0 Å². The SMILES string of the molecule is CCCCCCCCS(=O)(=O)O.CCCCOc1c(C2CCCS2)ccc2ccccc12. The van der Waals surface area contributed by atoms with Gasteiger partial charge in [0.1, 0.15) is 5.75 Å². The summed E-state index contributed by atoms with van der Waals surface area (Å²) < 4.78 is 35.1. The number of hydrogen-bond donors (Lipinski definition) is 1. The Labute approximate surface area is 199 Å². The molecular formula is C26H40O4S2. The van der Waals surface area contributed by atoms with Crippen LogP contribution in [0.25, 0.3) is 10.8 Å². The highest BCUT2D eigenvalue weighted by atomic mass is 32.2.